The average Bonchev–Trinajstić information content (AvgIpc) is 1.67. The first kappa shape index (κ1) is 97.6. The van der Waals surface area contributed by atoms with Gasteiger partial charge >= 0.3 is 0 Å². The van der Waals surface area contributed by atoms with Crippen molar-refractivity contribution in [2.45, 2.75) is 270 Å². The molecule has 5 aromatic heterocycles. The summed E-state index contributed by atoms with van der Waals surface area (Å²) in [5.41, 5.74) is 16.4. The number of nitrogens with zero attached hydrogens (tertiary/aromatic N) is 12. The zero-order chi connectivity index (χ0) is 86.5. The summed E-state index contributed by atoms with van der Waals surface area (Å²) in [5, 5.41) is 32.8. The number of hydrogen-bond donors (Lipinski definition) is 3. The Hall–Kier alpha value is -8.54. The molecule has 0 aliphatic heterocycles. The normalized spacial score (nSPS) is 12.3. The minimum atomic E-state index is -0.345. The molecular weight excluding hydrogens is 1530 g/mol. The largest absolute Gasteiger partial charge is 0.491 e. The van der Waals surface area contributed by atoms with Crippen LogP contribution in [0.4, 0.5) is 4.39 Å². The molecule has 1 aliphatic carbocycles. The number of ether oxygens (including phenoxy) is 5. The molecule has 0 bridgehead atoms. The third-order valence-electron chi connectivity index (χ3n) is 20.0. The molecule has 5 aromatic carbocycles. The van der Waals surface area contributed by atoms with E-state index in [9.17, 15) is 4.39 Å². The molecule has 0 unspecified atom stereocenters. The number of halogens is 3. The minimum absolute atomic E-state index is 0.0490. The van der Waals surface area contributed by atoms with Crippen molar-refractivity contribution < 1.29 is 28.1 Å². The van der Waals surface area contributed by atoms with Gasteiger partial charge in [-0.1, -0.05) is 115 Å². The van der Waals surface area contributed by atoms with Gasteiger partial charge in [-0.2, -0.15) is 25.5 Å². The maximum Gasteiger partial charge on any atom is 0.165 e. The Balaban J connectivity index is 0.000000206. The van der Waals surface area contributed by atoms with Gasteiger partial charge in [-0.3, -0.25) is 24.7 Å². The number of unbranched alkanes of at least 4 members (excludes halogenated alkanes) is 4. The van der Waals surface area contributed by atoms with E-state index in [-0.39, 0.29) is 42.1 Å². The molecule has 5 heterocycles. The Morgan fingerprint density at radius 3 is 1.09 bits per heavy atom. The van der Waals surface area contributed by atoms with Gasteiger partial charge < -0.3 is 48.2 Å². The van der Waals surface area contributed by atoms with Crippen molar-refractivity contribution >= 4 is 23.2 Å². The summed E-state index contributed by atoms with van der Waals surface area (Å²) in [6.07, 6.45) is 26.4. The molecule has 652 valence electrons. The van der Waals surface area contributed by atoms with E-state index in [1.54, 1.807) is 12.3 Å². The summed E-state index contributed by atoms with van der Waals surface area (Å²) in [6.45, 7) is 43.7. The second-order valence-electron chi connectivity index (χ2n) is 33.0. The molecule has 20 nitrogen and oxygen atoms in total. The summed E-state index contributed by atoms with van der Waals surface area (Å²) in [7, 11) is 10.7. The average molecular weight is 1680 g/mol. The smallest absolute Gasteiger partial charge is 0.165 e. The van der Waals surface area contributed by atoms with Crippen molar-refractivity contribution in [1.29, 1.82) is 0 Å². The van der Waals surface area contributed by atoms with Gasteiger partial charge in [-0.15, -0.1) is 0 Å². The van der Waals surface area contributed by atoms with Gasteiger partial charge in [-0.25, -0.2) is 4.39 Å². The Bertz CT molecular complexity index is 4380. The highest BCUT2D eigenvalue weighted by Crippen LogP contribution is 2.37. The summed E-state index contributed by atoms with van der Waals surface area (Å²) in [5.74, 6) is 3.21. The molecule has 0 amide bonds. The van der Waals surface area contributed by atoms with Gasteiger partial charge in [0.1, 0.15) is 23.0 Å². The zero-order valence-electron chi connectivity index (χ0n) is 75.7. The second kappa shape index (κ2) is 51.3. The van der Waals surface area contributed by atoms with Crippen molar-refractivity contribution in [3.63, 3.8) is 0 Å². The van der Waals surface area contributed by atoms with Gasteiger partial charge in [0.15, 0.2) is 11.6 Å². The van der Waals surface area contributed by atoms with Crippen molar-refractivity contribution in [1.82, 2.24) is 74.7 Å². The SMILES string of the molecule is CCCCN(C)Cc1[nH]ncc1-c1ccc(OC(C)C)c(Cl)c1.CCCCN(C)Cc1[nH]ncc1-c1ccc(OC(C)C)c(F)c1.CCCCN(C)Cc1cn(C2CCCC2)nc1-c1ccc(OC(C)C)cc1.CCCCN(C)Cc1cn(CC)nc1-c1ccc(OC(C)C)cc1.CCCN(C)Cc1[nH]ncc1-c1ccc(OC(C)C)c(Cl)c1. The molecule has 119 heavy (non-hydrogen) atoms. The fourth-order valence-corrected chi connectivity index (χ4v) is 14.5. The fourth-order valence-electron chi connectivity index (χ4n) is 14.0. The number of aromatic amines is 3. The number of benzene rings is 5. The molecule has 0 atom stereocenters. The van der Waals surface area contributed by atoms with Crippen LogP contribution in [0, 0.1) is 5.82 Å². The van der Waals surface area contributed by atoms with Gasteiger partial charge in [0.05, 0.1) is 93.7 Å². The van der Waals surface area contributed by atoms with E-state index in [4.69, 9.17) is 57.1 Å². The number of rotatable bonds is 41. The van der Waals surface area contributed by atoms with Crippen LogP contribution in [0.5, 0.6) is 28.7 Å². The lowest BCUT2D eigenvalue weighted by molar-refractivity contribution is 0.231. The van der Waals surface area contributed by atoms with E-state index < -0.39 is 0 Å². The van der Waals surface area contributed by atoms with Gasteiger partial charge in [0.25, 0.3) is 0 Å². The first-order chi connectivity index (χ1) is 57.1. The number of nitrogens with one attached hydrogen (secondary N) is 3. The van der Waals surface area contributed by atoms with E-state index in [0.717, 1.165) is 169 Å². The highest BCUT2D eigenvalue weighted by molar-refractivity contribution is 6.32. The maximum absolute atomic E-state index is 14.2. The molecule has 0 saturated heterocycles. The fraction of sp³-hybridized carbons (Fsp3) is 0.531. The number of hydrogen-bond acceptors (Lipinski definition) is 15. The van der Waals surface area contributed by atoms with E-state index >= 15 is 0 Å². The third kappa shape index (κ3) is 32.7. The lowest BCUT2D eigenvalue weighted by Crippen LogP contribution is -2.19. The van der Waals surface area contributed by atoms with Crippen LogP contribution in [0.25, 0.3) is 55.9 Å². The van der Waals surface area contributed by atoms with Crippen molar-refractivity contribution in [2.75, 3.05) is 68.0 Å². The first-order valence-corrected chi connectivity index (χ1v) is 44.5. The van der Waals surface area contributed by atoms with Crippen LogP contribution in [0.1, 0.15) is 229 Å². The van der Waals surface area contributed by atoms with Crippen LogP contribution in [-0.2, 0) is 39.3 Å². The van der Waals surface area contributed by atoms with E-state index in [1.165, 1.54) is 93.4 Å². The predicted octanol–water partition coefficient (Wildman–Crippen LogP) is 23.6. The summed E-state index contributed by atoms with van der Waals surface area (Å²) < 4.78 is 46.8. The zero-order valence-corrected chi connectivity index (χ0v) is 77.2. The van der Waals surface area contributed by atoms with E-state index in [1.807, 2.05) is 127 Å². The summed E-state index contributed by atoms with van der Waals surface area (Å²) in [4.78, 5) is 11.6. The predicted molar refractivity (Wildman–Crippen MR) is 491 cm³/mol. The van der Waals surface area contributed by atoms with Gasteiger partial charge in [0, 0.05) is 90.6 Å². The molecule has 1 aliphatic rings. The van der Waals surface area contributed by atoms with Crippen molar-refractivity contribution in [3.8, 4) is 84.6 Å². The van der Waals surface area contributed by atoms with E-state index in [2.05, 4.69) is 199 Å². The third-order valence-corrected chi connectivity index (χ3v) is 20.6. The standard InChI is InChI=1S/C23H35N3O.C20H31N3O.C18H26ClN3O.C18H26FN3O.C17H24ClN3O/c1-5-6-15-25(4)16-20-17-26(21-9-7-8-10-21)24-23(20)19-11-13-22(14-12-19)27-18(2)3;1-6-8-13-22(5)14-18-15-23(7-2)21-20(18)17-9-11-19(12-10-17)24-16(3)4;2*1-5-6-9-22(4)12-17-15(11-20-21-17)14-7-8-18(16(19)10-14)23-13(2)3;1-5-8-21(4)11-16-14(10-19-20-16)13-6-7-17(15(18)9-13)22-12(2)3/h11-14,17-18,21H,5-10,15-16H2,1-4H3;9-12,15-16H,6-8,13-14H2,1-5H3;2*7-8,10-11,13H,5-6,9,12H2,1-4H3,(H,20,21);6-7,9-10,12H,5,8,11H2,1-4H3,(H,19,20). The molecule has 3 N–H and O–H groups in total. The van der Waals surface area contributed by atoms with E-state index in [0.29, 0.717) is 21.8 Å². The molecule has 11 rings (SSSR count). The Labute approximate surface area is 722 Å². The monoisotopic (exact) mass is 1670 g/mol. The summed E-state index contributed by atoms with van der Waals surface area (Å²) in [6, 6.07) is 34.1. The lowest BCUT2D eigenvalue weighted by atomic mass is 10.1. The van der Waals surface area contributed by atoms with Crippen LogP contribution in [-0.4, -0.2) is 173 Å². The highest BCUT2D eigenvalue weighted by atomic mass is 35.5. The summed E-state index contributed by atoms with van der Waals surface area (Å²) >= 11 is 12.7. The minimum Gasteiger partial charge on any atom is -0.491 e. The Kier molecular flexibility index (Phi) is 42.1. The van der Waals surface area contributed by atoms with Crippen LogP contribution in [0.3, 0.4) is 0 Å². The van der Waals surface area contributed by atoms with Crippen molar-refractivity contribution in [3.05, 3.63) is 178 Å². The highest BCUT2D eigenvalue weighted by Gasteiger charge is 2.23. The number of aryl methyl sites for hydroxylation is 1. The van der Waals surface area contributed by atoms with Crippen LogP contribution in [0.15, 0.2) is 134 Å². The van der Waals surface area contributed by atoms with Crippen LogP contribution < -0.4 is 23.7 Å². The number of H-pyrrole nitrogens is 3. The molecule has 0 spiro atoms. The van der Waals surface area contributed by atoms with Gasteiger partial charge in [0.2, 0.25) is 0 Å². The lowest BCUT2D eigenvalue weighted by Gasteiger charge is -2.16. The topological polar surface area (TPSA) is 184 Å². The Morgan fingerprint density at radius 2 is 0.739 bits per heavy atom. The first-order valence-electron chi connectivity index (χ1n) is 43.7. The molecule has 23 heteroatoms. The molecule has 10 aromatic rings. The number of aromatic nitrogens is 10. The molecule has 0 radical (unpaired) electrons. The van der Waals surface area contributed by atoms with Crippen molar-refractivity contribution in [2.24, 2.45) is 0 Å². The molecular formula is C96H142Cl2FN15O5. The second-order valence-corrected chi connectivity index (χ2v) is 33.8. The van der Waals surface area contributed by atoms with Crippen LogP contribution >= 0.6 is 23.2 Å². The van der Waals surface area contributed by atoms with Gasteiger partial charge in [-0.05, 0) is 291 Å². The quantitative estimate of drug-likeness (QED) is 0.0329. The van der Waals surface area contributed by atoms with Crippen LogP contribution in [0.2, 0.25) is 10.0 Å². The Morgan fingerprint density at radius 1 is 0.403 bits per heavy atom. The maximum atomic E-state index is 14.2. The molecule has 1 saturated carbocycles. The molecule has 1 fully saturated rings.